The minimum atomic E-state index is -3.02. The zero-order valence-corrected chi connectivity index (χ0v) is 13.8. The molecule has 1 heterocycles. The fourth-order valence-corrected chi connectivity index (χ4v) is 3.92. The number of nitrogens with zero attached hydrogens (tertiary/aromatic N) is 1. The molecule has 0 radical (unpaired) electrons. The van der Waals surface area contributed by atoms with Crippen molar-refractivity contribution >= 4 is 25.8 Å². The molecule has 112 valence electrons. The molecule has 0 N–H and O–H groups in total. The molecule has 6 heteroatoms. The Labute approximate surface area is 129 Å². The highest BCUT2D eigenvalue weighted by molar-refractivity contribution is 9.10. The van der Waals surface area contributed by atoms with Crippen LogP contribution < -0.4 is 0 Å². The highest BCUT2D eigenvalue weighted by Crippen LogP contribution is 2.13. The number of morpholine rings is 1. The molecule has 1 aliphatic rings. The van der Waals surface area contributed by atoms with E-state index in [4.69, 9.17) is 4.74 Å². The largest absolute Gasteiger partial charge is 0.379 e. The Morgan fingerprint density at radius 1 is 1.15 bits per heavy atom. The van der Waals surface area contributed by atoms with Crippen LogP contribution in [0.4, 0.5) is 0 Å². The number of benzene rings is 1. The predicted octanol–water partition coefficient (Wildman–Crippen LogP) is 2.09. The van der Waals surface area contributed by atoms with Gasteiger partial charge in [-0.15, -0.1) is 0 Å². The number of hydrogen-bond acceptors (Lipinski definition) is 4. The minimum absolute atomic E-state index is 0.128. The maximum Gasteiger partial charge on any atom is 0.154 e. The molecule has 0 amide bonds. The fourth-order valence-electron chi connectivity index (χ4n) is 2.24. The van der Waals surface area contributed by atoms with Gasteiger partial charge in [0.15, 0.2) is 9.84 Å². The first-order valence-electron chi connectivity index (χ1n) is 6.80. The highest BCUT2D eigenvalue weighted by Gasteiger charge is 2.14. The average molecular weight is 362 g/mol. The Hall–Kier alpha value is -0.430. The van der Waals surface area contributed by atoms with Crippen LogP contribution in [0.3, 0.4) is 0 Å². The van der Waals surface area contributed by atoms with Gasteiger partial charge in [-0.25, -0.2) is 8.42 Å². The first-order chi connectivity index (χ1) is 9.55. The average Bonchev–Trinajstić information content (AvgIpc) is 2.42. The monoisotopic (exact) mass is 361 g/mol. The molecular formula is C14H20BrNO3S. The van der Waals surface area contributed by atoms with Gasteiger partial charge < -0.3 is 4.74 Å². The SMILES string of the molecule is O=S(=O)(CCCN1CCOCC1)Cc1ccc(Br)cc1. The van der Waals surface area contributed by atoms with E-state index in [1.54, 1.807) is 0 Å². The third kappa shape index (κ3) is 5.52. The molecule has 0 aliphatic carbocycles. The van der Waals surface area contributed by atoms with Gasteiger partial charge in [-0.2, -0.15) is 0 Å². The Morgan fingerprint density at radius 2 is 1.80 bits per heavy atom. The van der Waals surface area contributed by atoms with Gasteiger partial charge in [-0.05, 0) is 30.7 Å². The van der Waals surface area contributed by atoms with Gasteiger partial charge in [0.1, 0.15) is 0 Å². The molecule has 1 aliphatic heterocycles. The van der Waals surface area contributed by atoms with E-state index in [1.165, 1.54) is 0 Å². The molecule has 0 bridgehead atoms. The van der Waals surface area contributed by atoms with Crippen LogP contribution in [0.1, 0.15) is 12.0 Å². The van der Waals surface area contributed by atoms with E-state index in [2.05, 4.69) is 20.8 Å². The van der Waals surface area contributed by atoms with Crippen LogP contribution in [0, 0.1) is 0 Å². The smallest absolute Gasteiger partial charge is 0.154 e. The van der Waals surface area contributed by atoms with Crippen molar-refractivity contribution in [3.05, 3.63) is 34.3 Å². The van der Waals surface area contributed by atoms with Gasteiger partial charge in [-0.3, -0.25) is 4.90 Å². The van der Waals surface area contributed by atoms with Crippen LogP contribution in [0.15, 0.2) is 28.7 Å². The van der Waals surface area contributed by atoms with Crippen LogP contribution in [-0.4, -0.2) is 51.9 Å². The van der Waals surface area contributed by atoms with E-state index in [0.717, 1.165) is 42.9 Å². The molecule has 0 atom stereocenters. The Bertz CT molecular complexity index is 510. The summed E-state index contributed by atoms with van der Waals surface area (Å²) in [5.41, 5.74) is 0.847. The number of hydrogen-bond donors (Lipinski definition) is 0. The van der Waals surface area contributed by atoms with E-state index < -0.39 is 9.84 Å². The Kier molecular flexibility index (Phi) is 6.01. The van der Waals surface area contributed by atoms with Crippen LogP contribution in [0.2, 0.25) is 0 Å². The van der Waals surface area contributed by atoms with E-state index in [-0.39, 0.29) is 11.5 Å². The van der Waals surface area contributed by atoms with Gasteiger partial charge in [0.25, 0.3) is 0 Å². The van der Waals surface area contributed by atoms with Gasteiger partial charge in [0, 0.05) is 17.6 Å². The third-order valence-corrected chi connectivity index (χ3v) is 5.55. The second-order valence-electron chi connectivity index (χ2n) is 5.03. The second-order valence-corrected chi connectivity index (χ2v) is 8.13. The number of sulfone groups is 1. The zero-order valence-electron chi connectivity index (χ0n) is 11.4. The van der Waals surface area contributed by atoms with Crippen molar-refractivity contribution < 1.29 is 13.2 Å². The van der Waals surface area contributed by atoms with Gasteiger partial charge in [0.05, 0.1) is 24.7 Å². The molecule has 1 saturated heterocycles. The minimum Gasteiger partial charge on any atom is -0.379 e. The summed E-state index contributed by atoms with van der Waals surface area (Å²) in [7, 11) is -3.02. The van der Waals surface area contributed by atoms with Crippen molar-refractivity contribution in [1.29, 1.82) is 0 Å². The molecule has 0 spiro atoms. The fraction of sp³-hybridized carbons (Fsp3) is 0.571. The first kappa shape index (κ1) is 15.9. The maximum absolute atomic E-state index is 12.1. The second kappa shape index (κ2) is 7.54. The summed E-state index contributed by atoms with van der Waals surface area (Å²) in [5.74, 6) is 0.379. The lowest BCUT2D eigenvalue weighted by Gasteiger charge is -2.26. The topological polar surface area (TPSA) is 46.6 Å². The van der Waals surface area contributed by atoms with Crippen molar-refractivity contribution in [2.45, 2.75) is 12.2 Å². The third-order valence-electron chi connectivity index (χ3n) is 3.33. The number of halogens is 1. The van der Waals surface area contributed by atoms with Crippen molar-refractivity contribution in [3.63, 3.8) is 0 Å². The van der Waals surface area contributed by atoms with Crippen molar-refractivity contribution in [1.82, 2.24) is 4.90 Å². The van der Waals surface area contributed by atoms with Gasteiger partial charge >= 0.3 is 0 Å². The molecule has 0 aromatic heterocycles. The van der Waals surface area contributed by atoms with E-state index in [0.29, 0.717) is 6.42 Å². The first-order valence-corrected chi connectivity index (χ1v) is 9.41. The lowest BCUT2D eigenvalue weighted by molar-refractivity contribution is 0.0381. The molecule has 0 saturated carbocycles. The van der Waals surface area contributed by atoms with Crippen LogP contribution in [0.5, 0.6) is 0 Å². The predicted molar refractivity (Wildman–Crippen MR) is 83.5 cm³/mol. The molecule has 4 nitrogen and oxygen atoms in total. The summed E-state index contributed by atoms with van der Waals surface area (Å²) in [4.78, 5) is 2.26. The van der Waals surface area contributed by atoms with Gasteiger partial charge in [-0.1, -0.05) is 28.1 Å². The lowest BCUT2D eigenvalue weighted by atomic mass is 10.2. The quantitative estimate of drug-likeness (QED) is 0.778. The summed E-state index contributed by atoms with van der Waals surface area (Å²) in [6, 6.07) is 7.45. The van der Waals surface area contributed by atoms with Crippen LogP contribution in [-0.2, 0) is 20.3 Å². The molecule has 2 rings (SSSR count). The molecule has 1 aromatic carbocycles. The summed E-state index contributed by atoms with van der Waals surface area (Å²) < 4.78 is 30.4. The summed E-state index contributed by atoms with van der Waals surface area (Å²) in [6.45, 7) is 4.17. The maximum atomic E-state index is 12.1. The van der Waals surface area contributed by atoms with Crippen molar-refractivity contribution in [3.8, 4) is 0 Å². The normalized spacial score (nSPS) is 17.2. The zero-order chi connectivity index (χ0) is 14.4. The number of rotatable bonds is 6. The highest BCUT2D eigenvalue weighted by atomic mass is 79.9. The molecular weight excluding hydrogens is 342 g/mol. The molecule has 1 aromatic rings. The summed E-state index contributed by atoms with van der Waals surface area (Å²) >= 11 is 3.35. The Morgan fingerprint density at radius 3 is 2.45 bits per heavy atom. The lowest BCUT2D eigenvalue weighted by Crippen LogP contribution is -2.37. The van der Waals surface area contributed by atoms with Crippen molar-refractivity contribution in [2.24, 2.45) is 0 Å². The van der Waals surface area contributed by atoms with Crippen molar-refractivity contribution in [2.75, 3.05) is 38.6 Å². The van der Waals surface area contributed by atoms with E-state index in [1.807, 2.05) is 24.3 Å². The Balaban J connectivity index is 1.77. The van der Waals surface area contributed by atoms with Crippen LogP contribution >= 0.6 is 15.9 Å². The van der Waals surface area contributed by atoms with E-state index >= 15 is 0 Å². The van der Waals surface area contributed by atoms with Crippen LogP contribution in [0.25, 0.3) is 0 Å². The summed E-state index contributed by atoms with van der Waals surface area (Å²) in [5, 5.41) is 0. The number of ether oxygens (including phenoxy) is 1. The molecule has 0 unspecified atom stereocenters. The standard InChI is InChI=1S/C14H20BrNO3S/c15-14-4-2-13(3-5-14)12-20(17,18)11-1-6-16-7-9-19-10-8-16/h2-5H,1,6-12H2. The summed E-state index contributed by atoms with van der Waals surface area (Å²) in [6.07, 6.45) is 0.693. The van der Waals surface area contributed by atoms with Gasteiger partial charge in [0.2, 0.25) is 0 Å². The molecule has 1 fully saturated rings. The van der Waals surface area contributed by atoms with E-state index in [9.17, 15) is 8.42 Å². The molecule has 20 heavy (non-hydrogen) atoms.